The van der Waals surface area contributed by atoms with Gasteiger partial charge in [0.1, 0.15) is 0 Å². The molecule has 0 saturated carbocycles. The van der Waals surface area contributed by atoms with Gasteiger partial charge in [-0.2, -0.15) is 0 Å². The van der Waals surface area contributed by atoms with E-state index in [0.717, 1.165) is 25.7 Å². The summed E-state index contributed by atoms with van der Waals surface area (Å²) in [6.07, 6.45) is 25.4. The molecule has 166 valence electrons. The molecule has 0 radical (unpaired) electrons. The van der Waals surface area contributed by atoms with E-state index in [2.05, 4.69) is 24.3 Å². The van der Waals surface area contributed by atoms with Crippen LogP contribution in [0.25, 0.3) is 0 Å². The second kappa shape index (κ2) is 29.2. The largest absolute Gasteiger partial charge is 0.481 e. The summed E-state index contributed by atoms with van der Waals surface area (Å²) in [7, 11) is 0. The third-order valence-corrected chi connectivity index (χ3v) is 4.49. The van der Waals surface area contributed by atoms with Gasteiger partial charge < -0.3 is 10.2 Å². The van der Waals surface area contributed by atoms with Crippen molar-refractivity contribution in [3.63, 3.8) is 0 Å². The zero-order valence-corrected chi connectivity index (χ0v) is 22.0. The maximum Gasteiger partial charge on any atom is 0.303 e. The van der Waals surface area contributed by atoms with Gasteiger partial charge in [-0.3, -0.25) is 9.59 Å². The molecule has 0 rings (SSSR count). The molecule has 0 atom stereocenters. The Bertz CT molecular complexity index is 368. The minimum Gasteiger partial charge on any atom is -0.481 e. The van der Waals surface area contributed by atoms with Crippen molar-refractivity contribution in [2.45, 2.75) is 117 Å². The number of carboxylic acid groups (broad SMARTS) is 2. The van der Waals surface area contributed by atoms with Crippen LogP contribution in [-0.4, -0.2) is 22.2 Å². The molecule has 0 aromatic heterocycles. The average Bonchev–Trinajstić information content (AvgIpc) is 2.65. The molecule has 0 spiro atoms. The van der Waals surface area contributed by atoms with E-state index < -0.39 is 11.9 Å². The van der Waals surface area contributed by atoms with Crippen molar-refractivity contribution in [2.75, 3.05) is 0 Å². The quantitative estimate of drug-likeness (QED) is 0.126. The van der Waals surface area contributed by atoms with E-state index in [4.69, 9.17) is 10.2 Å². The number of unbranched alkanes of at least 4 members (excludes halogenated alkanes) is 12. The summed E-state index contributed by atoms with van der Waals surface area (Å²) in [6, 6.07) is 0. The summed E-state index contributed by atoms with van der Waals surface area (Å²) < 4.78 is 0. The molecule has 0 heterocycles. The molecule has 0 aromatic rings. The minimum atomic E-state index is -0.668. The summed E-state index contributed by atoms with van der Waals surface area (Å²) in [5.41, 5.74) is 0. The van der Waals surface area contributed by atoms with Gasteiger partial charge in [-0.15, -0.1) is 0 Å². The summed E-state index contributed by atoms with van der Waals surface area (Å²) in [6.45, 7) is 4.10. The van der Waals surface area contributed by atoms with Crippen LogP contribution in [0.4, 0.5) is 0 Å². The Morgan fingerprint density at radius 2 is 0.828 bits per heavy atom. The summed E-state index contributed by atoms with van der Waals surface area (Å²) in [4.78, 5) is 20.4. The molecule has 0 saturated heterocycles. The summed E-state index contributed by atoms with van der Waals surface area (Å²) in [5, 5.41) is 16.8. The van der Waals surface area contributed by atoms with Crippen LogP contribution in [0, 0.1) is 0 Å². The fourth-order valence-electron chi connectivity index (χ4n) is 2.82. The molecule has 0 aliphatic carbocycles. The Hall–Kier alpha value is -0.957. The van der Waals surface area contributed by atoms with Crippen molar-refractivity contribution in [3.05, 3.63) is 24.3 Å². The molecule has 29 heavy (non-hydrogen) atoms. The van der Waals surface area contributed by atoms with Crippen LogP contribution in [0.5, 0.6) is 0 Å². The van der Waals surface area contributed by atoms with Gasteiger partial charge in [-0.1, -0.05) is 75.7 Å². The topological polar surface area (TPSA) is 74.6 Å². The molecule has 0 aromatic carbocycles. The molecule has 0 aliphatic rings. The van der Waals surface area contributed by atoms with Gasteiger partial charge in [0.2, 0.25) is 0 Å². The van der Waals surface area contributed by atoms with Gasteiger partial charge in [0.05, 0.1) is 0 Å². The molecule has 5 heteroatoms. The first-order valence-corrected chi connectivity index (χ1v) is 11.2. The predicted octanol–water partition coefficient (Wildman–Crippen LogP) is 7.53. The zero-order valence-electron chi connectivity index (χ0n) is 19.0. The van der Waals surface area contributed by atoms with Gasteiger partial charge in [0, 0.05) is 32.3 Å². The molecular formula is C24H44O4Zn. The van der Waals surface area contributed by atoms with Crippen LogP contribution in [-0.2, 0) is 29.1 Å². The smallest absolute Gasteiger partial charge is 0.303 e. The zero-order chi connectivity index (χ0) is 21.3. The first-order chi connectivity index (χ1) is 13.5. The first kappa shape index (κ1) is 32.7. The predicted molar refractivity (Wildman–Crippen MR) is 119 cm³/mol. The molecule has 0 unspecified atom stereocenters. The third-order valence-electron chi connectivity index (χ3n) is 4.49. The molecule has 0 fully saturated rings. The Labute approximate surface area is 192 Å². The SMILES string of the molecule is CC=CCCCCCCCCC(=O)O.CC=CCCCCCCCCC(=O)O.[Zn]. The maximum atomic E-state index is 10.2. The van der Waals surface area contributed by atoms with Crippen molar-refractivity contribution >= 4 is 11.9 Å². The van der Waals surface area contributed by atoms with Crippen LogP contribution in [0.2, 0.25) is 0 Å². The van der Waals surface area contributed by atoms with Crippen LogP contribution < -0.4 is 0 Å². The van der Waals surface area contributed by atoms with Crippen molar-refractivity contribution < 1.29 is 39.3 Å². The fourth-order valence-corrected chi connectivity index (χ4v) is 2.82. The van der Waals surface area contributed by atoms with Gasteiger partial charge in [0.25, 0.3) is 0 Å². The second-order valence-corrected chi connectivity index (χ2v) is 7.25. The first-order valence-electron chi connectivity index (χ1n) is 11.2. The van der Waals surface area contributed by atoms with Crippen LogP contribution in [0.1, 0.15) is 117 Å². The molecule has 2 N–H and O–H groups in total. The maximum absolute atomic E-state index is 10.2. The van der Waals surface area contributed by atoms with E-state index >= 15 is 0 Å². The molecular weight excluding hydrogens is 418 g/mol. The summed E-state index contributed by atoms with van der Waals surface area (Å²) >= 11 is 0. The van der Waals surface area contributed by atoms with E-state index in [1.807, 2.05) is 13.8 Å². The third kappa shape index (κ3) is 38.3. The van der Waals surface area contributed by atoms with E-state index in [1.165, 1.54) is 64.2 Å². The monoisotopic (exact) mass is 460 g/mol. The van der Waals surface area contributed by atoms with Crippen LogP contribution >= 0.6 is 0 Å². The molecule has 0 aliphatic heterocycles. The Kier molecular flexibility index (Phi) is 33.0. The summed E-state index contributed by atoms with van der Waals surface area (Å²) in [5.74, 6) is -1.34. The number of carbonyl (C=O) groups is 2. The Balaban J connectivity index is -0.000000451. The Morgan fingerprint density at radius 3 is 1.10 bits per heavy atom. The van der Waals surface area contributed by atoms with E-state index in [0.29, 0.717) is 12.8 Å². The van der Waals surface area contributed by atoms with E-state index in [1.54, 1.807) is 0 Å². The van der Waals surface area contributed by atoms with E-state index in [-0.39, 0.29) is 19.5 Å². The fraction of sp³-hybridized carbons (Fsp3) is 0.750. The number of hydrogen-bond donors (Lipinski definition) is 2. The molecule has 0 amide bonds. The van der Waals surface area contributed by atoms with Crippen molar-refractivity contribution in [1.29, 1.82) is 0 Å². The van der Waals surface area contributed by atoms with Gasteiger partial charge in [0.15, 0.2) is 0 Å². The van der Waals surface area contributed by atoms with Crippen LogP contribution in [0.3, 0.4) is 0 Å². The van der Waals surface area contributed by atoms with Crippen molar-refractivity contribution in [3.8, 4) is 0 Å². The number of carboxylic acids is 2. The average molecular weight is 462 g/mol. The second-order valence-electron chi connectivity index (χ2n) is 7.25. The van der Waals surface area contributed by atoms with E-state index in [9.17, 15) is 9.59 Å². The number of hydrogen-bond acceptors (Lipinski definition) is 2. The number of allylic oxidation sites excluding steroid dienone is 4. The molecule has 4 nitrogen and oxygen atoms in total. The van der Waals surface area contributed by atoms with Crippen molar-refractivity contribution in [2.24, 2.45) is 0 Å². The van der Waals surface area contributed by atoms with Gasteiger partial charge in [-0.25, -0.2) is 0 Å². The minimum absolute atomic E-state index is 0. The Morgan fingerprint density at radius 1 is 0.552 bits per heavy atom. The van der Waals surface area contributed by atoms with Crippen LogP contribution in [0.15, 0.2) is 24.3 Å². The normalized spacial score (nSPS) is 10.6. The standard InChI is InChI=1S/2C12H22O2.Zn/c2*1-2-3-4-5-6-7-8-9-10-11-12(13)14;/h2*2-3H,4-11H2,1H3,(H,13,14);. The van der Waals surface area contributed by atoms with Crippen molar-refractivity contribution in [1.82, 2.24) is 0 Å². The number of rotatable bonds is 18. The van der Waals surface area contributed by atoms with Gasteiger partial charge >= 0.3 is 11.9 Å². The number of aliphatic carboxylic acids is 2. The molecule has 0 bridgehead atoms. The van der Waals surface area contributed by atoms with Gasteiger partial charge in [-0.05, 0) is 52.4 Å².